The third-order valence-electron chi connectivity index (χ3n) is 3.06. The summed E-state index contributed by atoms with van der Waals surface area (Å²) in [6, 6.07) is 2.14. The Morgan fingerprint density at radius 3 is 2.71 bits per heavy atom. The lowest BCUT2D eigenvalue weighted by Crippen LogP contribution is -1.94. The zero-order valence-corrected chi connectivity index (χ0v) is 9.73. The van der Waals surface area contributed by atoms with Crippen molar-refractivity contribution in [2.75, 3.05) is 0 Å². The number of thiophene rings is 1. The molecule has 2 heteroatoms. The number of rotatable bonds is 4. The van der Waals surface area contributed by atoms with Crippen LogP contribution in [0.15, 0.2) is 6.07 Å². The van der Waals surface area contributed by atoms with Gasteiger partial charge in [-0.2, -0.15) is 0 Å². The van der Waals surface area contributed by atoms with Crippen LogP contribution in [0.2, 0.25) is 0 Å². The number of hydrogen-bond acceptors (Lipinski definition) is 2. The summed E-state index contributed by atoms with van der Waals surface area (Å²) in [7, 11) is 0. The quantitative estimate of drug-likeness (QED) is 0.805. The van der Waals surface area contributed by atoms with E-state index in [0.717, 1.165) is 17.2 Å². The Hall–Kier alpha value is -0.340. The second kappa shape index (κ2) is 4.03. The summed E-state index contributed by atoms with van der Waals surface area (Å²) in [6.45, 7) is 4.24. The Balaban J connectivity index is 1.91. The van der Waals surface area contributed by atoms with Gasteiger partial charge >= 0.3 is 0 Å². The van der Waals surface area contributed by atoms with Gasteiger partial charge in [-0.3, -0.25) is 0 Å². The van der Waals surface area contributed by atoms with Crippen molar-refractivity contribution in [1.29, 1.82) is 0 Å². The summed E-state index contributed by atoms with van der Waals surface area (Å²) >= 11 is 1.74. The lowest BCUT2D eigenvalue weighted by Gasteiger charge is -2.06. The fourth-order valence-corrected chi connectivity index (χ4v) is 2.77. The van der Waals surface area contributed by atoms with Crippen LogP contribution in [0, 0.1) is 19.8 Å². The normalized spacial score (nSPS) is 18.5. The molecule has 1 heterocycles. The van der Waals surface area contributed by atoms with Crippen LogP contribution >= 0.6 is 11.3 Å². The van der Waals surface area contributed by atoms with E-state index in [2.05, 4.69) is 19.9 Å². The molecule has 78 valence electrons. The molecule has 1 fully saturated rings. The van der Waals surface area contributed by atoms with Crippen molar-refractivity contribution in [3.05, 3.63) is 21.4 Å². The van der Waals surface area contributed by atoms with E-state index in [1.807, 2.05) is 0 Å². The summed E-state index contributed by atoms with van der Waals surface area (Å²) in [4.78, 5) is 2.49. The molecular weight excluding hydrogens is 192 g/mol. The second-order valence-electron chi connectivity index (χ2n) is 4.42. The zero-order chi connectivity index (χ0) is 10.1. The maximum atomic E-state index is 9.95. The van der Waals surface area contributed by atoms with E-state index in [-0.39, 0.29) is 6.10 Å². The van der Waals surface area contributed by atoms with Crippen molar-refractivity contribution in [2.45, 2.75) is 45.6 Å². The van der Waals surface area contributed by atoms with E-state index >= 15 is 0 Å². The molecule has 1 N–H and O–H groups in total. The van der Waals surface area contributed by atoms with Crippen LogP contribution < -0.4 is 0 Å². The highest BCUT2D eigenvalue weighted by Gasteiger charge is 2.22. The number of aliphatic hydroxyl groups excluding tert-OH is 1. The standard InChI is InChI=1S/C12H18OS/c1-8-7-12(14-9(8)2)11(13)6-5-10-3-4-10/h7,10-11,13H,3-6H2,1-2H3. The molecule has 1 aromatic heterocycles. The van der Waals surface area contributed by atoms with Crippen molar-refractivity contribution in [2.24, 2.45) is 5.92 Å². The van der Waals surface area contributed by atoms with Crippen molar-refractivity contribution in [1.82, 2.24) is 0 Å². The lowest BCUT2D eigenvalue weighted by atomic mass is 10.1. The van der Waals surface area contributed by atoms with Gasteiger partial charge in [-0.15, -0.1) is 11.3 Å². The molecule has 1 aromatic rings. The lowest BCUT2D eigenvalue weighted by molar-refractivity contribution is 0.166. The first-order chi connectivity index (χ1) is 6.66. The van der Waals surface area contributed by atoms with Crippen LogP contribution in [-0.4, -0.2) is 5.11 Å². The first-order valence-electron chi connectivity index (χ1n) is 5.42. The van der Waals surface area contributed by atoms with E-state index in [1.165, 1.54) is 29.7 Å². The van der Waals surface area contributed by atoms with Crippen LogP contribution in [0.25, 0.3) is 0 Å². The third kappa shape index (κ3) is 2.37. The van der Waals surface area contributed by atoms with Crippen molar-refractivity contribution in [3.8, 4) is 0 Å². The molecule has 0 aromatic carbocycles. The summed E-state index contributed by atoms with van der Waals surface area (Å²) in [5.41, 5.74) is 1.32. The van der Waals surface area contributed by atoms with E-state index < -0.39 is 0 Å². The third-order valence-corrected chi connectivity index (χ3v) is 4.31. The van der Waals surface area contributed by atoms with Crippen LogP contribution in [0.1, 0.15) is 47.1 Å². The van der Waals surface area contributed by atoms with Crippen molar-refractivity contribution in [3.63, 3.8) is 0 Å². The summed E-state index contributed by atoms with van der Waals surface area (Å²) in [6.07, 6.45) is 4.71. The predicted octanol–water partition coefficient (Wildman–Crippen LogP) is 3.59. The van der Waals surface area contributed by atoms with Gasteiger partial charge in [-0.1, -0.05) is 12.8 Å². The molecule has 1 unspecified atom stereocenters. The molecule has 0 aliphatic heterocycles. The van der Waals surface area contributed by atoms with Crippen molar-refractivity contribution >= 4 is 11.3 Å². The fraction of sp³-hybridized carbons (Fsp3) is 0.667. The smallest absolute Gasteiger partial charge is 0.0882 e. The highest BCUT2D eigenvalue weighted by atomic mass is 32.1. The average molecular weight is 210 g/mol. The average Bonchev–Trinajstić information content (AvgIpc) is 2.91. The highest BCUT2D eigenvalue weighted by molar-refractivity contribution is 7.12. The monoisotopic (exact) mass is 210 g/mol. The first kappa shape index (κ1) is 10.2. The van der Waals surface area contributed by atoms with E-state index in [9.17, 15) is 5.11 Å². The van der Waals surface area contributed by atoms with Gasteiger partial charge in [-0.05, 0) is 44.2 Å². The molecule has 1 saturated carbocycles. The van der Waals surface area contributed by atoms with E-state index in [4.69, 9.17) is 0 Å². The molecular formula is C12H18OS. The highest BCUT2D eigenvalue weighted by Crippen LogP contribution is 2.37. The van der Waals surface area contributed by atoms with Crippen LogP contribution in [-0.2, 0) is 0 Å². The largest absolute Gasteiger partial charge is 0.388 e. The number of aliphatic hydroxyl groups is 1. The fourth-order valence-electron chi connectivity index (χ4n) is 1.71. The van der Waals surface area contributed by atoms with Gasteiger partial charge in [0, 0.05) is 9.75 Å². The Labute approximate surface area is 89.8 Å². The van der Waals surface area contributed by atoms with Gasteiger partial charge in [0.2, 0.25) is 0 Å². The molecule has 1 nitrogen and oxygen atoms in total. The summed E-state index contributed by atoms with van der Waals surface area (Å²) < 4.78 is 0. The van der Waals surface area contributed by atoms with Gasteiger partial charge < -0.3 is 5.11 Å². The zero-order valence-electron chi connectivity index (χ0n) is 8.92. The first-order valence-corrected chi connectivity index (χ1v) is 6.23. The number of hydrogen-bond donors (Lipinski definition) is 1. The molecule has 1 aliphatic rings. The molecule has 14 heavy (non-hydrogen) atoms. The van der Waals surface area contributed by atoms with E-state index in [0.29, 0.717) is 0 Å². The maximum Gasteiger partial charge on any atom is 0.0882 e. The minimum Gasteiger partial charge on any atom is -0.388 e. The van der Waals surface area contributed by atoms with Crippen molar-refractivity contribution < 1.29 is 5.11 Å². The molecule has 2 rings (SSSR count). The molecule has 1 atom stereocenters. The maximum absolute atomic E-state index is 9.95. The predicted molar refractivity (Wildman–Crippen MR) is 60.7 cm³/mol. The SMILES string of the molecule is Cc1cc(C(O)CCC2CC2)sc1C. The Bertz CT molecular complexity index is 293. The topological polar surface area (TPSA) is 20.2 Å². The Morgan fingerprint density at radius 1 is 1.50 bits per heavy atom. The van der Waals surface area contributed by atoms with Gasteiger partial charge in [0.25, 0.3) is 0 Å². The molecule has 0 bridgehead atoms. The van der Waals surface area contributed by atoms with Crippen LogP contribution in [0.3, 0.4) is 0 Å². The summed E-state index contributed by atoms with van der Waals surface area (Å²) in [5, 5.41) is 9.95. The van der Waals surface area contributed by atoms with Gasteiger partial charge in [0.15, 0.2) is 0 Å². The minimum atomic E-state index is -0.215. The molecule has 0 saturated heterocycles. The molecule has 1 aliphatic carbocycles. The number of aryl methyl sites for hydroxylation is 2. The van der Waals surface area contributed by atoms with E-state index in [1.54, 1.807) is 11.3 Å². The summed E-state index contributed by atoms with van der Waals surface area (Å²) in [5.74, 6) is 0.923. The van der Waals surface area contributed by atoms with Gasteiger partial charge in [0.1, 0.15) is 0 Å². The molecule has 0 spiro atoms. The second-order valence-corrected chi connectivity index (χ2v) is 5.71. The minimum absolute atomic E-state index is 0.215. The van der Waals surface area contributed by atoms with Crippen LogP contribution in [0.4, 0.5) is 0 Å². The molecule has 0 amide bonds. The van der Waals surface area contributed by atoms with Crippen LogP contribution in [0.5, 0.6) is 0 Å². The van der Waals surface area contributed by atoms with Gasteiger partial charge in [-0.25, -0.2) is 0 Å². The Morgan fingerprint density at radius 2 is 2.21 bits per heavy atom. The molecule has 0 radical (unpaired) electrons. The Kier molecular flexibility index (Phi) is 2.93. The van der Waals surface area contributed by atoms with Gasteiger partial charge in [0.05, 0.1) is 6.10 Å².